The van der Waals surface area contributed by atoms with Gasteiger partial charge < -0.3 is 20.4 Å². The molecule has 0 radical (unpaired) electrons. The number of piperazine rings is 1. The molecule has 3 heterocycles. The Morgan fingerprint density at radius 2 is 2.00 bits per heavy atom. The first-order valence-electron chi connectivity index (χ1n) is 8.38. The van der Waals surface area contributed by atoms with Gasteiger partial charge in [0.2, 0.25) is 11.8 Å². The first-order valence-corrected chi connectivity index (χ1v) is 8.38. The van der Waals surface area contributed by atoms with Crippen LogP contribution in [-0.2, 0) is 9.59 Å². The second-order valence-electron chi connectivity index (χ2n) is 6.48. The van der Waals surface area contributed by atoms with E-state index in [0.717, 1.165) is 19.4 Å². The highest BCUT2D eigenvalue weighted by Gasteiger charge is 2.41. The van der Waals surface area contributed by atoms with Crippen LogP contribution in [0.2, 0.25) is 0 Å². The van der Waals surface area contributed by atoms with Gasteiger partial charge in [-0.1, -0.05) is 12.1 Å². The Morgan fingerprint density at radius 1 is 1.17 bits per heavy atom. The predicted molar refractivity (Wildman–Crippen MR) is 87.5 cm³/mol. The van der Waals surface area contributed by atoms with E-state index in [1.165, 1.54) is 0 Å². The van der Waals surface area contributed by atoms with Crippen LogP contribution in [0.5, 0.6) is 0 Å². The maximum absolute atomic E-state index is 12.8. The number of anilines is 1. The number of nitrogens with zero attached hydrogens (tertiary/aromatic N) is 2. The summed E-state index contributed by atoms with van der Waals surface area (Å²) in [5, 5.41) is 6.03. The van der Waals surface area contributed by atoms with Crippen molar-refractivity contribution < 1.29 is 14.4 Å². The number of nitrogens with one attached hydrogen (secondary N) is 2. The zero-order chi connectivity index (χ0) is 16.7. The third-order valence-corrected chi connectivity index (χ3v) is 5.03. The van der Waals surface area contributed by atoms with Gasteiger partial charge in [0.15, 0.2) is 0 Å². The summed E-state index contributed by atoms with van der Waals surface area (Å²) in [7, 11) is 0. The number of fused-ring (bicyclic) bond motifs is 2. The van der Waals surface area contributed by atoms with E-state index in [9.17, 15) is 14.4 Å². The van der Waals surface area contributed by atoms with Gasteiger partial charge in [-0.15, -0.1) is 0 Å². The second kappa shape index (κ2) is 5.90. The summed E-state index contributed by atoms with van der Waals surface area (Å²) in [4.78, 5) is 41.3. The van der Waals surface area contributed by atoms with Crippen molar-refractivity contribution in [1.82, 2.24) is 15.1 Å². The zero-order valence-electron chi connectivity index (χ0n) is 13.3. The lowest BCUT2D eigenvalue weighted by atomic mass is 10.1. The Hall–Kier alpha value is -2.41. The van der Waals surface area contributed by atoms with E-state index in [1.807, 2.05) is 0 Å². The summed E-state index contributed by atoms with van der Waals surface area (Å²) < 4.78 is 0. The molecule has 0 spiro atoms. The molecule has 3 aliphatic heterocycles. The monoisotopic (exact) mass is 328 g/mol. The van der Waals surface area contributed by atoms with Gasteiger partial charge in [-0.3, -0.25) is 14.4 Å². The average Bonchev–Trinajstić information content (AvgIpc) is 3.12. The molecule has 0 aliphatic carbocycles. The highest BCUT2D eigenvalue weighted by Crippen LogP contribution is 2.25. The Labute approximate surface area is 140 Å². The molecule has 2 N–H and O–H groups in total. The van der Waals surface area contributed by atoms with E-state index in [1.54, 1.807) is 34.1 Å². The zero-order valence-corrected chi connectivity index (χ0v) is 13.3. The van der Waals surface area contributed by atoms with Crippen LogP contribution in [0.15, 0.2) is 24.3 Å². The molecule has 7 heteroatoms. The van der Waals surface area contributed by atoms with E-state index in [-0.39, 0.29) is 30.3 Å². The fraction of sp³-hybridized carbons (Fsp3) is 0.471. The van der Waals surface area contributed by atoms with E-state index in [0.29, 0.717) is 24.3 Å². The second-order valence-corrected chi connectivity index (χ2v) is 6.48. The van der Waals surface area contributed by atoms with Gasteiger partial charge in [0.25, 0.3) is 5.91 Å². The molecule has 2 saturated heterocycles. The lowest BCUT2D eigenvalue weighted by Crippen LogP contribution is -2.61. The van der Waals surface area contributed by atoms with Crippen molar-refractivity contribution in [2.45, 2.75) is 24.9 Å². The number of amides is 3. The number of hydrogen-bond acceptors (Lipinski definition) is 4. The number of rotatable bonds is 1. The molecule has 2 atom stereocenters. The van der Waals surface area contributed by atoms with Gasteiger partial charge in [-0.2, -0.15) is 0 Å². The first-order chi connectivity index (χ1) is 11.6. The van der Waals surface area contributed by atoms with Crippen molar-refractivity contribution in [3.63, 3.8) is 0 Å². The summed E-state index contributed by atoms with van der Waals surface area (Å²) in [5.74, 6) is -0.348. The van der Waals surface area contributed by atoms with Gasteiger partial charge in [0, 0.05) is 13.1 Å². The van der Waals surface area contributed by atoms with Gasteiger partial charge >= 0.3 is 0 Å². The van der Waals surface area contributed by atoms with Crippen molar-refractivity contribution in [3.8, 4) is 0 Å². The fourth-order valence-corrected chi connectivity index (χ4v) is 3.72. The normalized spacial score (nSPS) is 26.5. The average molecular weight is 328 g/mol. The molecular weight excluding hydrogens is 308 g/mol. The number of carbonyl (C=O) groups excluding carboxylic acids is 3. The van der Waals surface area contributed by atoms with Gasteiger partial charge in [0.1, 0.15) is 6.04 Å². The third kappa shape index (κ3) is 2.45. The minimum Gasteiger partial charge on any atom is -0.337 e. The standard InChI is InChI=1S/C17H20N4O3/c22-15-14-10-20(17(24)13-6-3-7-18-13)8-9-21(14)16(23)11-4-1-2-5-12(11)19-15/h1-2,4-5,13-14,18H,3,6-10H2,(H,19,22)/t13-,14+/m1/s1. The van der Waals surface area contributed by atoms with Crippen LogP contribution in [0.1, 0.15) is 23.2 Å². The van der Waals surface area contributed by atoms with Crippen molar-refractivity contribution in [1.29, 1.82) is 0 Å². The lowest BCUT2D eigenvalue weighted by Gasteiger charge is -2.40. The summed E-state index contributed by atoms with van der Waals surface area (Å²) in [6, 6.07) is 6.24. The molecule has 2 fully saturated rings. The Morgan fingerprint density at radius 3 is 2.79 bits per heavy atom. The van der Waals surface area contributed by atoms with Crippen LogP contribution >= 0.6 is 0 Å². The maximum Gasteiger partial charge on any atom is 0.256 e. The van der Waals surface area contributed by atoms with Crippen LogP contribution in [-0.4, -0.2) is 65.8 Å². The highest BCUT2D eigenvalue weighted by atomic mass is 16.2. The number of hydrogen-bond donors (Lipinski definition) is 2. The van der Waals surface area contributed by atoms with Crippen molar-refractivity contribution in [2.24, 2.45) is 0 Å². The molecule has 4 rings (SSSR count). The minimum absolute atomic E-state index is 0.0363. The third-order valence-electron chi connectivity index (χ3n) is 5.03. The summed E-state index contributed by atoms with van der Waals surface area (Å²) in [5.41, 5.74) is 1.04. The van der Waals surface area contributed by atoms with Crippen LogP contribution in [0.3, 0.4) is 0 Å². The number of para-hydroxylation sites is 1. The molecule has 3 aliphatic rings. The summed E-state index contributed by atoms with van der Waals surface area (Å²) >= 11 is 0. The van der Waals surface area contributed by atoms with Gasteiger partial charge in [0.05, 0.1) is 23.8 Å². The largest absolute Gasteiger partial charge is 0.337 e. The smallest absolute Gasteiger partial charge is 0.256 e. The molecule has 0 bridgehead atoms. The predicted octanol–water partition coefficient (Wildman–Crippen LogP) is 0.0437. The molecule has 0 unspecified atom stereocenters. The van der Waals surface area contributed by atoms with Gasteiger partial charge in [-0.05, 0) is 31.5 Å². The molecule has 24 heavy (non-hydrogen) atoms. The molecule has 7 nitrogen and oxygen atoms in total. The molecule has 1 aromatic rings. The van der Waals surface area contributed by atoms with Crippen LogP contribution in [0.4, 0.5) is 5.69 Å². The number of benzene rings is 1. The topological polar surface area (TPSA) is 81.8 Å². The highest BCUT2D eigenvalue weighted by molar-refractivity contribution is 6.10. The van der Waals surface area contributed by atoms with Crippen molar-refractivity contribution in [2.75, 3.05) is 31.5 Å². The van der Waals surface area contributed by atoms with Crippen molar-refractivity contribution in [3.05, 3.63) is 29.8 Å². The summed E-state index contributed by atoms with van der Waals surface area (Å²) in [6.45, 7) is 1.95. The minimum atomic E-state index is -0.635. The van der Waals surface area contributed by atoms with E-state index in [4.69, 9.17) is 0 Å². The Kier molecular flexibility index (Phi) is 3.72. The summed E-state index contributed by atoms with van der Waals surface area (Å²) in [6.07, 6.45) is 1.83. The van der Waals surface area contributed by atoms with Gasteiger partial charge in [-0.25, -0.2) is 0 Å². The molecule has 126 valence electrons. The molecule has 3 amide bonds. The van der Waals surface area contributed by atoms with E-state index < -0.39 is 6.04 Å². The molecule has 0 saturated carbocycles. The van der Waals surface area contributed by atoms with E-state index in [2.05, 4.69) is 10.6 Å². The molecular formula is C17H20N4O3. The molecule has 1 aromatic carbocycles. The first kappa shape index (κ1) is 15.1. The van der Waals surface area contributed by atoms with Crippen molar-refractivity contribution >= 4 is 23.4 Å². The molecule has 0 aromatic heterocycles. The van der Waals surface area contributed by atoms with Crippen LogP contribution in [0, 0.1) is 0 Å². The SMILES string of the molecule is O=C1Nc2ccccc2C(=O)N2CCN(C(=O)[C@H]3CCCN3)C[C@@H]12. The Balaban J connectivity index is 1.57. The van der Waals surface area contributed by atoms with Crippen LogP contribution < -0.4 is 10.6 Å². The maximum atomic E-state index is 12.8. The van der Waals surface area contributed by atoms with Crippen LogP contribution in [0.25, 0.3) is 0 Å². The lowest BCUT2D eigenvalue weighted by molar-refractivity contribution is -0.137. The fourth-order valence-electron chi connectivity index (χ4n) is 3.72. The number of carbonyl (C=O) groups is 3. The van der Waals surface area contributed by atoms with E-state index >= 15 is 0 Å². The Bertz CT molecular complexity index is 699. The quantitative estimate of drug-likeness (QED) is 0.763.